The van der Waals surface area contributed by atoms with E-state index in [1.807, 2.05) is 24.3 Å². The quantitative estimate of drug-likeness (QED) is 0.855. The van der Waals surface area contributed by atoms with Crippen molar-refractivity contribution in [3.05, 3.63) is 54.1 Å². The molecule has 0 saturated carbocycles. The molecule has 3 rings (SSSR count). The highest BCUT2D eigenvalue weighted by Gasteiger charge is 2.22. The number of carbonyl (C=O) groups excluding carboxylic acids is 1. The summed E-state index contributed by atoms with van der Waals surface area (Å²) in [4.78, 5) is 12.4. The molecule has 2 aromatic rings. The highest BCUT2D eigenvalue weighted by molar-refractivity contribution is 7.89. The lowest BCUT2D eigenvalue weighted by atomic mass is 10.2. The normalized spacial score (nSPS) is 16.3. The molecule has 8 heteroatoms. The fourth-order valence-electron chi connectivity index (χ4n) is 2.46. The molecule has 0 fully saturated rings. The maximum atomic E-state index is 12.3. The molecular weight excluding hydrogens is 356 g/mol. The van der Waals surface area contributed by atoms with Crippen molar-refractivity contribution in [2.75, 3.05) is 27.2 Å². The van der Waals surface area contributed by atoms with Gasteiger partial charge in [-0.1, -0.05) is 12.1 Å². The minimum Gasteiger partial charge on any atom is -0.486 e. The van der Waals surface area contributed by atoms with E-state index in [0.717, 1.165) is 4.31 Å². The maximum absolute atomic E-state index is 12.3. The van der Waals surface area contributed by atoms with Gasteiger partial charge in [-0.3, -0.25) is 4.79 Å². The predicted molar refractivity (Wildman–Crippen MR) is 96.0 cm³/mol. The SMILES string of the molecule is CN(C)S(=O)(=O)c1ccc(C(=O)NC[C@@H]2COc3ccccc3O2)cc1. The Morgan fingerprint density at radius 3 is 2.42 bits per heavy atom. The van der Waals surface area contributed by atoms with Gasteiger partial charge in [-0.25, -0.2) is 12.7 Å². The van der Waals surface area contributed by atoms with Crippen LogP contribution in [0.3, 0.4) is 0 Å². The van der Waals surface area contributed by atoms with E-state index < -0.39 is 10.0 Å². The second kappa shape index (κ2) is 7.35. The number of hydrogen-bond acceptors (Lipinski definition) is 5. The summed E-state index contributed by atoms with van der Waals surface area (Å²) in [5.41, 5.74) is 0.375. The average molecular weight is 376 g/mol. The zero-order valence-electron chi connectivity index (χ0n) is 14.5. The van der Waals surface area contributed by atoms with Crippen molar-refractivity contribution < 1.29 is 22.7 Å². The van der Waals surface area contributed by atoms with Gasteiger partial charge in [-0.05, 0) is 36.4 Å². The number of hydrogen-bond donors (Lipinski definition) is 1. The number of fused-ring (bicyclic) bond motifs is 1. The Bertz CT molecular complexity index is 894. The summed E-state index contributed by atoms with van der Waals surface area (Å²) in [7, 11) is -0.595. The van der Waals surface area contributed by atoms with Crippen molar-refractivity contribution in [2.24, 2.45) is 0 Å². The molecule has 1 amide bonds. The van der Waals surface area contributed by atoms with Crippen LogP contribution in [0.1, 0.15) is 10.4 Å². The van der Waals surface area contributed by atoms with Gasteiger partial charge in [-0.2, -0.15) is 0 Å². The third-order valence-electron chi connectivity index (χ3n) is 3.95. The standard InChI is InChI=1S/C18H20N2O5S/c1-20(2)26(22,23)15-9-7-13(8-10-15)18(21)19-11-14-12-24-16-5-3-4-6-17(16)25-14/h3-10,14H,11-12H2,1-2H3,(H,19,21)/t14-/m1/s1. The molecule has 1 aliphatic rings. The van der Waals surface area contributed by atoms with Crippen LogP contribution in [-0.4, -0.2) is 52.0 Å². The molecule has 1 atom stereocenters. The summed E-state index contributed by atoms with van der Waals surface area (Å²) >= 11 is 0. The lowest BCUT2D eigenvalue weighted by molar-refractivity contribution is 0.0789. The molecule has 0 saturated heterocycles. The summed E-state index contributed by atoms with van der Waals surface area (Å²) in [6, 6.07) is 13.2. The van der Waals surface area contributed by atoms with Gasteiger partial charge in [0.15, 0.2) is 11.5 Å². The first-order chi connectivity index (χ1) is 12.4. The third kappa shape index (κ3) is 3.81. The zero-order chi connectivity index (χ0) is 18.7. The van der Waals surface area contributed by atoms with Gasteiger partial charge < -0.3 is 14.8 Å². The maximum Gasteiger partial charge on any atom is 0.251 e. The fourth-order valence-corrected chi connectivity index (χ4v) is 3.36. The van der Waals surface area contributed by atoms with Crippen molar-refractivity contribution in [1.82, 2.24) is 9.62 Å². The number of amides is 1. The first kappa shape index (κ1) is 18.2. The Balaban J connectivity index is 1.59. The van der Waals surface area contributed by atoms with Crippen LogP contribution in [0.15, 0.2) is 53.4 Å². The Hall–Kier alpha value is -2.58. The molecule has 7 nitrogen and oxygen atoms in total. The lowest BCUT2D eigenvalue weighted by Crippen LogP contribution is -2.40. The first-order valence-electron chi connectivity index (χ1n) is 8.07. The summed E-state index contributed by atoms with van der Waals surface area (Å²) in [6.07, 6.45) is -0.290. The topological polar surface area (TPSA) is 84.9 Å². The molecule has 0 aromatic heterocycles. The van der Waals surface area contributed by atoms with E-state index >= 15 is 0 Å². The van der Waals surface area contributed by atoms with Crippen molar-refractivity contribution in [2.45, 2.75) is 11.0 Å². The number of benzene rings is 2. The van der Waals surface area contributed by atoms with Crippen LogP contribution in [0.4, 0.5) is 0 Å². The number of nitrogens with one attached hydrogen (secondary N) is 1. The van der Waals surface area contributed by atoms with Crippen LogP contribution < -0.4 is 14.8 Å². The molecule has 0 bridgehead atoms. The van der Waals surface area contributed by atoms with Gasteiger partial charge in [0.1, 0.15) is 12.7 Å². The Labute approximate surface area is 152 Å². The predicted octanol–water partition coefficient (Wildman–Crippen LogP) is 1.51. The van der Waals surface area contributed by atoms with Gasteiger partial charge in [0.25, 0.3) is 5.91 Å². The molecule has 0 spiro atoms. The van der Waals surface area contributed by atoms with Crippen LogP contribution >= 0.6 is 0 Å². The van der Waals surface area contributed by atoms with Crippen LogP contribution in [0.25, 0.3) is 0 Å². The van der Waals surface area contributed by atoms with E-state index in [-0.39, 0.29) is 23.5 Å². The van der Waals surface area contributed by atoms with Crippen LogP contribution in [0.2, 0.25) is 0 Å². The smallest absolute Gasteiger partial charge is 0.251 e. The molecule has 0 unspecified atom stereocenters. The lowest BCUT2D eigenvalue weighted by Gasteiger charge is -2.26. The van der Waals surface area contributed by atoms with E-state index in [2.05, 4.69) is 5.32 Å². The molecule has 2 aromatic carbocycles. The van der Waals surface area contributed by atoms with Crippen molar-refractivity contribution in [1.29, 1.82) is 0 Å². The molecule has 0 aliphatic carbocycles. The summed E-state index contributed by atoms with van der Waals surface area (Å²) < 4.78 is 36.6. The highest BCUT2D eigenvalue weighted by Crippen LogP contribution is 2.30. The number of para-hydroxylation sites is 2. The van der Waals surface area contributed by atoms with Crippen LogP contribution in [0, 0.1) is 0 Å². The van der Waals surface area contributed by atoms with Crippen molar-refractivity contribution in [3.63, 3.8) is 0 Å². The van der Waals surface area contributed by atoms with Gasteiger partial charge in [0, 0.05) is 19.7 Å². The Morgan fingerprint density at radius 1 is 1.12 bits per heavy atom. The highest BCUT2D eigenvalue weighted by atomic mass is 32.2. The fraction of sp³-hybridized carbons (Fsp3) is 0.278. The number of sulfonamides is 1. The van der Waals surface area contributed by atoms with E-state index in [1.54, 1.807) is 0 Å². The number of carbonyl (C=O) groups is 1. The molecule has 1 N–H and O–H groups in total. The Morgan fingerprint density at radius 2 is 1.77 bits per heavy atom. The summed E-state index contributed by atoms with van der Waals surface area (Å²) in [6.45, 7) is 0.627. The minimum absolute atomic E-state index is 0.139. The van der Waals surface area contributed by atoms with Crippen molar-refractivity contribution >= 4 is 15.9 Å². The minimum atomic E-state index is -3.51. The molecule has 1 aliphatic heterocycles. The van der Waals surface area contributed by atoms with Gasteiger partial charge in [0.2, 0.25) is 10.0 Å². The molecule has 138 valence electrons. The Kier molecular flexibility index (Phi) is 5.15. The monoisotopic (exact) mass is 376 g/mol. The third-order valence-corrected chi connectivity index (χ3v) is 5.78. The summed E-state index contributed by atoms with van der Waals surface area (Å²) in [5, 5.41) is 2.78. The zero-order valence-corrected chi connectivity index (χ0v) is 15.3. The second-order valence-corrected chi connectivity index (χ2v) is 8.17. The molecular formula is C18H20N2O5S. The van der Waals surface area contributed by atoms with Crippen LogP contribution in [0.5, 0.6) is 11.5 Å². The van der Waals surface area contributed by atoms with Crippen LogP contribution in [-0.2, 0) is 10.0 Å². The molecule has 1 heterocycles. The van der Waals surface area contributed by atoms with E-state index in [1.165, 1.54) is 38.4 Å². The van der Waals surface area contributed by atoms with Gasteiger partial charge in [-0.15, -0.1) is 0 Å². The van der Waals surface area contributed by atoms with E-state index in [4.69, 9.17) is 9.47 Å². The number of nitrogens with zero attached hydrogens (tertiary/aromatic N) is 1. The van der Waals surface area contributed by atoms with Crippen molar-refractivity contribution in [3.8, 4) is 11.5 Å². The summed E-state index contributed by atoms with van der Waals surface area (Å²) in [5.74, 6) is 1.03. The van der Waals surface area contributed by atoms with Gasteiger partial charge >= 0.3 is 0 Å². The largest absolute Gasteiger partial charge is 0.486 e. The number of rotatable bonds is 5. The second-order valence-electron chi connectivity index (χ2n) is 6.02. The molecule has 26 heavy (non-hydrogen) atoms. The average Bonchev–Trinajstić information content (AvgIpc) is 2.66. The number of ether oxygens (including phenoxy) is 2. The van der Waals surface area contributed by atoms with Gasteiger partial charge in [0.05, 0.1) is 11.4 Å². The van der Waals surface area contributed by atoms with E-state index in [9.17, 15) is 13.2 Å². The molecule has 0 radical (unpaired) electrons. The first-order valence-corrected chi connectivity index (χ1v) is 9.51. The van der Waals surface area contributed by atoms with E-state index in [0.29, 0.717) is 23.7 Å².